The van der Waals surface area contributed by atoms with Crippen molar-refractivity contribution >= 4 is 0 Å². The SMILES string of the molecule is CC(C)CC1CNCCN1C1CCCC1. The first-order valence-electron chi connectivity index (χ1n) is 6.74. The van der Waals surface area contributed by atoms with E-state index in [-0.39, 0.29) is 0 Å². The molecule has 1 saturated heterocycles. The first kappa shape index (κ1) is 11.4. The van der Waals surface area contributed by atoms with Gasteiger partial charge in [0.1, 0.15) is 0 Å². The van der Waals surface area contributed by atoms with Crippen molar-refractivity contribution in [1.29, 1.82) is 0 Å². The molecule has 0 aromatic carbocycles. The van der Waals surface area contributed by atoms with Crippen LogP contribution >= 0.6 is 0 Å². The minimum Gasteiger partial charge on any atom is -0.314 e. The zero-order chi connectivity index (χ0) is 10.7. The van der Waals surface area contributed by atoms with Crippen molar-refractivity contribution in [2.45, 2.75) is 58.0 Å². The van der Waals surface area contributed by atoms with Crippen molar-refractivity contribution in [3.05, 3.63) is 0 Å². The summed E-state index contributed by atoms with van der Waals surface area (Å²) < 4.78 is 0. The molecule has 88 valence electrons. The lowest BCUT2D eigenvalue weighted by atomic mass is 9.98. The van der Waals surface area contributed by atoms with E-state index in [4.69, 9.17) is 0 Å². The van der Waals surface area contributed by atoms with E-state index < -0.39 is 0 Å². The zero-order valence-corrected chi connectivity index (χ0v) is 10.3. The quantitative estimate of drug-likeness (QED) is 0.768. The summed E-state index contributed by atoms with van der Waals surface area (Å²) in [6.45, 7) is 8.39. The van der Waals surface area contributed by atoms with Gasteiger partial charge in [-0.25, -0.2) is 0 Å². The van der Waals surface area contributed by atoms with Crippen molar-refractivity contribution in [3.63, 3.8) is 0 Å². The highest BCUT2D eigenvalue weighted by Crippen LogP contribution is 2.27. The minimum absolute atomic E-state index is 0.807. The minimum atomic E-state index is 0.807. The molecule has 2 aliphatic rings. The fraction of sp³-hybridized carbons (Fsp3) is 1.00. The van der Waals surface area contributed by atoms with Crippen LogP contribution in [0.1, 0.15) is 46.0 Å². The van der Waals surface area contributed by atoms with Gasteiger partial charge in [0.15, 0.2) is 0 Å². The maximum atomic E-state index is 3.55. The Kier molecular flexibility index (Phi) is 4.04. The lowest BCUT2D eigenvalue weighted by Crippen LogP contribution is -2.54. The summed E-state index contributed by atoms with van der Waals surface area (Å²) in [5.41, 5.74) is 0. The van der Waals surface area contributed by atoms with E-state index in [0.717, 1.165) is 18.0 Å². The first-order chi connectivity index (χ1) is 7.27. The second kappa shape index (κ2) is 5.31. The average molecular weight is 210 g/mol. The fourth-order valence-corrected chi connectivity index (χ4v) is 3.26. The number of nitrogens with zero attached hydrogens (tertiary/aromatic N) is 1. The van der Waals surface area contributed by atoms with E-state index in [2.05, 4.69) is 24.1 Å². The Hall–Kier alpha value is -0.0800. The fourth-order valence-electron chi connectivity index (χ4n) is 3.26. The maximum absolute atomic E-state index is 3.55. The van der Waals surface area contributed by atoms with E-state index in [0.29, 0.717) is 0 Å². The first-order valence-corrected chi connectivity index (χ1v) is 6.74. The lowest BCUT2D eigenvalue weighted by Gasteiger charge is -2.41. The predicted octanol–water partition coefficient (Wildman–Crippen LogP) is 2.25. The third-order valence-corrected chi connectivity index (χ3v) is 3.93. The van der Waals surface area contributed by atoms with Crippen LogP contribution in [0.4, 0.5) is 0 Å². The van der Waals surface area contributed by atoms with Gasteiger partial charge in [-0.2, -0.15) is 0 Å². The highest BCUT2D eigenvalue weighted by Gasteiger charge is 2.30. The molecule has 0 radical (unpaired) electrons. The van der Waals surface area contributed by atoms with Crippen LogP contribution in [0, 0.1) is 5.92 Å². The van der Waals surface area contributed by atoms with E-state index in [9.17, 15) is 0 Å². The summed E-state index contributed by atoms with van der Waals surface area (Å²) in [6.07, 6.45) is 7.19. The number of piperazine rings is 1. The molecule has 0 spiro atoms. The molecule has 2 rings (SSSR count). The van der Waals surface area contributed by atoms with Gasteiger partial charge in [-0.05, 0) is 25.2 Å². The molecule has 2 heteroatoms. The topological polar surface area (TPSA) is 15.3 Å². The van der Waals surface area contributed by atoms with Gasteiger partial charge < -0.3 is 5.32 Å². The van der Waals surface area contributed by atoms with Gasteiger partial charge in [-0.15, -0.1) is 0 Å². The van der Waals surface area contributed by atoms with E-state index in [1.807, 2.05) is 0 Å². The third-order valence-electron chi connectivity index (χ3n) is 3.93. The Morgan fingerprint density at radius 3 is 2.67 bits per heavy atom. The molecule has 1 aliphatic carbocycles. The molecular weight excluding hydrogens is 184 g/mol. The molecule has 1 heterocycles. The molecule has 1 N–H and O–H groups in total. The van der Waals surface area contributed by atoms with Crippen molar-refractivity contribution < 1.29 is 0 Å². The summed E-state index contributed by atoms with van der Waals surface area (Å²) in [5.74, 6) is 0.832. The Balaban J connectivity index is 1.92. The largest absolute Gasteiger partial charge is 0.314 e. The van der Waals surface area contributed by atoms with Gasteiger partial charge >= 0.3 is 0 Å². The maximum Gasteiger partial charge on any atom is 0.0226 e. The second-order valence-corrected chi connectivity index (χ2v) is 5.66. The molecule has 2 fully saturated rings. The van der Waals surface area contributed by atoms with Gasteiger partial charge in [-0.3, -0.25) is 4.90 Å². The molecule has 2 nitrogen and oxygen atoms in total. The smallest absolute Gasteiger partial charge is 0.0226 e. The summed E-state index contributed by atoms with van der Waals surface area (Å²) in [5, 5.41) is 3.55. The van der Waals surface area contributed by atoms with Crippen LogP contribution in [-0.2, 0) is 0 Å². The van der Waals surface area contributed by atoms with Crippen LogP contribution in [0.25, 0.3) is 0 Å². The van der Waals surface area contributed by atoms with Crippen LogP contribution in [0.3, 0.4) is 0 Å². The average Bonchev–Trinajstić information content (AvgIpc) is 2.70. The van der Waals surface area contributed by atoms with Gasteiger partial charge in [0, 0.05) is 31.7 Å². The van der Waals surface area contributed by atoms with Crippen LogP contribution < -0.4 is 5.32 Å². The number of nitrogens with one attached hydrogen (secondary N) is 1. The third kappa shape index (κ3) is 2.94. The van der Waals surface area contributed by atoms with Crippen molar-refractivity contribution in [1.82, 2.24) is 10.2 Å². The Morgan fingerprint density at radius 2 is 2.00 bits per heavy atom. The van der Waals surface area contributed by atoms with Gasteiger partial charge in [0.2, 0.25) is 0 Å². The van der Waals surface area contributed by atoms with Crippen molar-refractivity contribution in [2.24, 2.45) is 5.92 Å². The number of rotatable bonds is 3. The highest BCUT2D eigenvalue weighted by atomic mass is 15.2. The summed E-state index contributed by atoms with van der Waals surface area (Å²) in [6, 6.07) is 1.72. The molecule has 1 aliphatic heterocycles. The normalized spacial score (nSPS) is 30.2. The van der Waals surface area contributed by atoms with Crippen LogP contribution in [0.15, 0.2) is 0 Å². The van der Waals surface area contributed by atoms with Crippen LogP contribution in [0.5, 0.6) is 0 Å². The molecule has 1 saturated carbocycles. The molecule has 0 amide bonds. The van der Waals surface area contributed by atoms with E-state index in [1.165, 1.54) is 51.7 Å². The predicted molar refractivity (Wildman–Crippen MR) is 65.1 cm³/mol. The Labute approximate surface area is 94.4 Å². The number of hydrogen-bond donors (Lipinski definition) is 1. The molecule has 1 atom stereocenters. The second-order valence-electron chi connectivity index (χ2n) is 5.66. The molecule has 0 aromatic heterocycles. The van der Waals surface area contributed by atoms with E-state index >= 15 is 0 Å². The summed E-state index contributed by atoms with van der Waals surface area (Å²) in [7, 11) is 0. The van der Waals surface area contributed by atoms with Gasteiger partial charge in [0.05, 0.1) is 0 Å². The monoisotopic (exact) mass is 210 g/mol. The molecular formula is C13H26N2. The molecule has 1 unspecified atom stereocenters. The Bertz CT molecular complexity index is 185. The highest BCUT2D eigenvalue weighted by molar-refractivity contribution is 4.87. The molecule has 15 heavy (non-hydrogen) atoms. The van der Waals surface area contributed by atoms with Crippen molar-refractivity contribution in [3.8, 4) is 0 Å². The van der Waals surface area contributed by atoms with Crippen LogP contribution in [0.2, 0.25) is 0 Å². The Morgan fingerprint density at radius 1 is 1.27 bits per heavy atom. The zero-order valence-electron chi connectivity index (χ0n) is 10.3. The van der Waals surface area contributed by atoms with Gasteiger partial charge in [0.25, 0.3) is 0 Å². The summed E-state index contributed by atoms with van der Waals surface area (Å²) >= 11 is 0. The number of hydrogen-bond acceptors (Lipinski definition) is 2. The molecule has 0 aromatic rings. The van der Waals surface area contributed by atoms with Gasteiger partial charge in [-0.1, -0.05) is 26.7 Å². The standard InChI is InChI=1S/C13H26N2/c1-11(2)9-13-10-14-7-8-15(13)12-5-3-4-6-12/h11-14H,3-10H2,1-2H3. The van der Waals surface area contributed by atoms with E-state index in [1.54, 1.807) is 0 Å². The molecule has 0 bridgehead atoms. The lowest BCUT2D eigenvalue weighted by molar-refractivity contribution is 0.0940. The van der Waals surface area contributed by atoms with Crippen LogP contribution in [-0.4, -0.2) is 36.6 Å². The van der Waals surface area contributed by atoms with Crippen molar-refractivity contribution in [2.75, 3.05) is 19.6 Å². The summed E-state index contributed by atoms with van der Waals surface area (Å²) in [4.78, 5) is 2.81.